The Hall–Kier alpha value is -2.13. The molecule has 0 N–H and O–H groups in total. The molecule has 6 aliphatic rings. The molecule has 3 aliphatic carbocycles. The number of ether oxygens (including phenoxy) is 8. The van der Waals surface area contributed by atoms with Gasteiger partial charge < -0.3 is 42.8 Å². The van der Waals surface area contributed by atoms with Gasteiger partial charge in [-0.1, -0.05) is 25.0 Å². The maximum atomic E-state index is 14.8. The molecule has 0 bridgehead atoms. The predicted molar refractivity (Wildman–Crippen MR) is 203 cm³/mol. The van der Waals surface area contributed by atoms with Crippen molar-refractivity contribution < 1.29 is 47.5 Å². The molecule has 0 aromatic rings. The summed E-state index contributed by atoms with van der Waals surface area (Å²) in [4.78, 5) is 33.9. The van der Waals surface area contributed by atoms with Gasteiger partial charge >= 0.3 is 5.97 Å². The third-order valence-corrected chi connectivity index (χ3v) is 14.0. The van der Waals surface area contributed by atoms with Crippen LogP contribution in [0.4, 0.5) is 0 Å². The molecular formula is C41H66N4O10. The molecule has 0 radical (unpaired) electrons. The molecule has 310 valence electrons. The second-order valence-corrected chi connectivity index (χ2v) is 17.2. The molecule has 0 spiro atoms. The van der Waals surface area contributed by atoms with Crippen LogP contribution in [0.2, 0.25) is 0 Å². The van der Waals surface area contributed by atoms with Crippen molar-refractivity contribution in [3.63, 3.8) is 0 Å². The van der Waals surface area contributed by atoms with Gasteiger partial charge in [0.1, 0.15) is 24.4 Å². The van der Waals surface area contributed by atoms with Gasteiger partial charge in [0.15, 0.2) is 18.4 Å². The second kappa shape index (κ2) is 18.6. The van der Waals surface area contributed by atoms with Gasteiger partial charge in [-0.2, -0.15) is 0 Å². The van der Waals surface area contributed by atoms with E-state index in [0.717, 1.165) is 25.7 Å². The van der Waals surface area contributed by atoms with Crippen LogP contribution in [-0.4, -0.2) is 126 Å². The van der Waals surface area contributed by atoms with Crippen molar-refractivity contribution in [2.75, 3.05) is 35.4 Å². The number of rotatable bonds is 10. The van der Waals surface area contributed by atoms with Gasteiger partial charge in [0.2, 0.25) is 0 Å². The number of hydrogen-bond acceptors (Lipinski definition) is 12. The first kappa shape index (κ1) is 42.5. The maximum Gasteiger partial charge on any atom is 0.306 e. The topological polar surface area (TPSA) is 160 Å². The third kappa shape index (κ3) is 8.98. The van der Waals surface area contributed by atoms with Crippen molar-refractivity contribution >= 4 is 11.8 Å². The number of likely N-dealkylation sites (N-methyl/N-ethyl adjacent to an activating group) is 1. The highest BCUT2D eigenvalue weighted by atomic mass is 16.7. The Morgan fingerprint density at radius 3 is 2.25 bits per heavy atom. The molecule has 3 saturated heterocycles. The number of cyclic esters (lactones) is 1. The fourth-order valence-electron chi connectivity index (χ4n) is 11.1. The summed E-state index contributed by atoms with van der Waals surface area (Å²) in [5.41, 5.74) is 10.4. The summed E-state index contributed by atoms with van der Waals surface area (Å²) >= 11 is 0. The highest BCUT2D eigenvalue weighted by Gasteiger charge is 2.56. The van der Waals surface area contributed by atoms with Crippen LogP contribution >= 0.6 is 0 Å². The summed E-state index contributed by atoms with van der Waals surface area (Å²) in [6, 6.07) is 0.0134. The molecular weight excluding hydrogens is 708 g/mol. The average molecular weight is 775 g/mol. The molecule has 2 saturated carbocycles. The zero-order valence-electron chi connectivity index (χ0n) is 34.4. The number of fused-ring (bicyclic) bond motifs is 5. The SMILES string of the molecule is CC[C@H]1CCC[C@H](O[C@H]2CC[C@H](N(C)C)C(C)O2)[C@@H](C)C(=O)C2=C[C@@H]3[C@@H](CC(N=[N+]=[N-])[C@@H]4C[C@@H](O[C@@H]5OC(C)[C@H](OC)C(OC)C5OC)C[C@@H]34)[C@@H]2CC(=O)O1. The number of methoxy groups -OCH3 is 3. The van der Waals surface area contributed by atoms with Crippen LogP contribution in [0.25, 0.3) is 10.4 Å². The van der Waals surface area contributed by atoms with Crippen LogP contribution in [0.15, 0.2) is 16.8 Å². The van der Waals surface area contributed by atoms with Crippen LogP contribution in [-0.2, 0) is 47.5 Å². The molecule has 3 aliphatic heterocycles. The first-order chi connectivity index (χ1) is 26.4. The minimum Gasteiger partial charge on any atom is -0.462 e. The van der Waals surface area contributed by atoms with Crippen molar-refractivity contribution in [1.82, 2.24) is 4.90 Å². The number of carbonyl (C=O) groups excluding carboxylic acids is 2. The van der Waals surface area contributed by atoms with E-state index in [1.54, 1.807) is 21.3 Å². The number of allylic oxidation sites excluding steroid dienone is 2. The Bertz CT molecular complexity index is 1410. The van der Waals surface area contributed by atoms with Gasteiger partial charge in [0, 0.05) is 50.2 Å². The van der Waals surface area contributed by atoms with Gasteiger partial charge in [-0.05, 0) is 121 Å². The molecule has 3 heterocycles. The van der Waals surface area contributed by atoms with E-state index in [4.69, 9.17) is 37.9 Å². The Labute approximate surface area is 327 Å². The predicted octanol–water partition coefficient (Wildman–Crippen LogP) is 6.00. The van der Waals surface area contributed by atoms with E-state index in [9.17, 15) is 15.1 Å². The Kier molecular flexibility index (Phi) is 14.4. The largest absolute Gasteiger partial charge is 0.462 e. The first-order valence-electron chi connectivity index (χ1n) is 20.8. The smallest absolute Gasteiger partial charge is 0.306 e. The van der Waals surface area contributed by atoms with Gasteiger partial charge in [-0.3, -0.25) is 9.59 Å². The van der Waals surface area contributed by atoms with E-state index in [2.05, 4.69) is 42.0 Å². The maximum absolute atomic E-state index is 14.8. The number of esters is 1. The summed E-state index contributed by atoms with van der Waals surface area (Å²) in [7, 11) is 9.04. The molecule has 0 aromatic carbocycles. The molecule has 0 aromatic heterocycles. The molecule has 14 nitrogen and oxygen atoms in total. The summed E-state index contributed by atoms with van der Waals surface area (Å²) in [6.45, 7) is 8.05. The summed E-state index contributed by atoms with van der Waals surface area (Å²) in [5, 5.41) is 4.35. The average Bonchev–Trinajstić information content (AvgIpc) is 3.74. The van der Waals surface area contributed by atoms with Crippen molar-refractivity contribution in [2.24, 2.45) is 40.6 Å². The van der Waals surface area contributed by atoms with Crippen LogP contribution in [0.1, 0.15) is 91.9 Å². The van der Waals surface area contributed by atoms with Crippen molar-refractivity contribution in [3.05, 3.63) is 22.1 Å². The molecule has 6 rings (SSSR count). The molecule has 5 unspecified atom stereocenters. The van der Waals surface area contributed by atoms with Crippen LogP contribution in [0, 0.1) is 35.5 Å². The quantitative estimate of drug-likeness (QED) is 0.111. The molecule has 0 amide bonds. The van der Waals surface area contributed by atoms with Crippen molar-refractivity contribution in [3.8, 4) is 0 Å². The summed E-state index contributed by atoms with van der Waals surface area (Å²) < 4.78 is 49.6. The molecule has 55 heavy (non-hydrogen) atoms. The van der Waals surface area contributed by atoms with Crippen LogP contribution < -0.4 is 0 Å². The first-order valence-corrected chi connectivity index (χ1v) is 20.8. The van der Waals surface area contributed by atoms with Gasteiger partial charge in [0.05, 0.1) is 30.8 Å². The Balaban J connectivity index is 1.26. The Morgan fingerprint density at radius 2 is 1.60 bits per heavy atom. The zero-order chi connectivity index (χ0) is 39.6. The number of azide groups is 1. The van der Waals surface area contributed by atoms with E-state index >= 15 is 0 Å². The van der Waals surface area contributed by atoms with Crippen LogP contribution in [0.5, 0.6) is 0 Å². The summed E-state index contributed by atoms with van der Waals surface area (Å²) in [6.07, 6.45) is 5.50. The van der Waals surface area contributed by atoms with E-state index in [1.807, 2.05) is 20.8 Å². The van der Waals surface area contributed by atoms with Crippen molar-refractivity contribution in [1.29, 1.82) is 0 Å². The third-order valence-electron chi connectivity index (χ3n) is 14.0. The number of carbonyl (C=O) groups is 2. The lowest BCUT2D eigenvalue weighted by Crippen LogP contribution is -2.59. The number of Topliss-reactive ketones (excluding diaryl/α,β-unsaturated/α-hetero) is 1. The molecule has 5 fully saturated rings. The Morgan fingerprint density at radius 1 is 0.873 bits per heavy atom. The minimum absolute atomic E-state index is 0.00764. The van der Waals surface area contributed by atoms with E-state index in [0.29, 0.717) is 43.7 Å². The fraction of sp³-hybridized carbons (Fsp3) is 0.902. The highest BCUT2D eigenvalue weighted by molar-refractivity contribution is 5.99. The van der Waals surface area contributed by atoms with E-state index < -0.39 is 18.3 Å². The number of ketones is 1. The lowest BCUT2D eigenvalue weighted by Gasteiger charge is -2.44. The van der Waals surface area contributed by atoms with Gasteiger partial charge in [-0.25, -0.2) is 0 Å². The fourth-order valence-corrected chi connectivity index (χ4v) is 11.1. The molecule has 18 atom stereocenters. The highest BCUT2D eigenvalue weighted by Crippen LogP contribution is 2.57. The minimum atomic E-state index is -0.683. The number of hydrogen-bond donors (Lipinski definition) is 0. The van der Waals surface area contributed by atoms with Gasteiger partial charge in [-0.15, -0.1) is 0 Å². The lowest BCUT2D eigenvalue weighted by atomic mass is 9.64. The lowest BCUT2D eigenvalue weighted by molar-refractivity contribution is -0.314. The van der Waals surface area contributed by atoms with Gasteiger partial charge in [0.25, 0.3) is 0 Å². The standard InChI is InChI=1S/C41H66N4O10/c1-10-24-12-11-13-34(55-36-15-14-33(45(5)6)22(3)51-36)21(2)37(47)31-18-27-26-16-25(54-41-40(50-9)39(49-8)38(48-7)23(4)52-41)17-30(26)32(43-44-42)19-28(27)29(31)20-35(46)53-24/h18,21-30,32-34,36,38-41H,10-17,19-20H2,1-9H3/t21-,22?,23?,24+,25+,26+,27+,28-,29+,30-,32?,33+,34+,36+,38+,39?,40?,41+/m1/s1. The molecule has 14 heteroatoms. The van der Waals surface area contributed by atoms with Crippen LogP contribution in [0.3, 0.4) is 0 Å². The summed E-state index contributed by atoms with van der Waals surface area (Å²) in [5.74, 6) is -0.944. The normalized spacial score (nSPS) is 45.3. The van der Waals surface area contributed by atoms with E-state index in [-0.39, 0.29) is 103 Å². The van der Waals surface area contributed by atoms with Crippen molar-refractivity contribution in [2.45, 2.75) is 165 Å². The monoisotopic (exact) mass is 774 g/mol. The zero-order valence-corrected chi connectivity index (χ0v) is 34.4. The van der Waals surface area contributed by atoms with E-state index in [1.165, 1.54) is 0 Å². The second-order valence-electron chi connectivity index (χ2n) is 17.2. The number of nitrogens with zero attached hydrogens (tertiary/aromatic N) is 4.